The van der Waals surface area contributed by atoms with Crippen LogP contribution in [-0.2, 0) is 16.0 Å². The Morgan fingerprint density at radius 2 is 1.77 bits per heavy atom. The van der Waals surface area contributed by atoms with Gasteiger partial charge in [0.2, 0.25) is 0 Å². The number of hydrogen-bond acceptors (Lipinski definition) is 5. The first kappa shape index (κ1) is 29.1. The third-order valence-corrected chi connectivity index (χ3v) is 5.02. The zero-order chi connectivity index (χ0) is 23.5. The number of halogens is 1. The van der Waals surface area contributed by atoms with E-state index in [0.29, 0.717) is 6.61 Å². The van der Waals surface area contributed by atoms with Gasteiger partial charge >= 0.3 is 0 Å². The average Bonchev–Trinajstić information content (AvgIpc) is 2.83. The van der Waals surface area contributed by atoms with Gasteiger partial charge in [-0.3, -0.25) is 0 Å². The first-order valence-corrected chi connectivity index (χ1v) is 11.4. The summed E-state index contributed by atoms with van der Waals surface area (Å²) in [7, 11) is 1.93. The number of benzene rings is 2. The zero-order valence-electron chi connectivity index (χ0n) is 19.5. The van der Waals surface area contributed by atoms with Crippen LogP contribution in [0.2, 0.25) is 5.02 Å². The number of rotatable bonds is 12. The van der Waals surface area contributed by atoms with Crippen molar-refractivity contribution in [2.24, 2.45) is 5.73 Å². The van der Waals surface area contributed by atoms with E-state index in [-0.39, 0.29) is 12.1 Å². The second-order valence-corrected chi connectivity index (χ2v) is 7.17. The van der Waals surface area contributed by atoms with Crippen molar-refractivity contribution in [3.63, 3.8) is 0 Å². The number of nitrogens with two attached hydrogens (primary N) is 1. The van der Waals surface area contributed by atoms with Crippen LogP contribution in [-0.4, -0.2) is 39.6 Å². The Labute approximate surface area is 193 Å². The van der Waals surface area contributed by atoms with Crippen LogP contribution >= 0.6 is 11.6 Å². The predicted molar refractivity (Wildman–Crippen MR) is 134 cm³/mol. The molecular formula is C25H40ClN3O2. The highest BCUT2D eigenvalue weighted by Crippen LogP contribution is 2.28. The van der Waals surface area contributed by atoms with Crippen molar-refractivity contribution in [1.82, 2.24) is 5.32 Å². The lowest BCUT2D eigenvalue weighted by molar-refractivity contribution is -0.0979. The van der Waals surface area contributed by atoms with Gasteiger partial charge in [-0.2, -0.15) is 0 Å². The molecule has 0 aliphatic rings. The molecule has 0 aliphatic heterocycles. The molecule has 4 N–H and O–H groups in total. The number of ether oxygens (including phenoxy) is 1. The largest absolute Gasteiger partial charge is 0.385 e. The lowest BCUT2D eigenvalue weighted by Crippen LogP contribution is -2.22. The molecule has 0 spiro atoms. The van der Waals surface area contributed by atoms with Gasteiger partial charge in [-0.25, -0.2) is 0 Å². The van der Waals surface area contributed by atoms with E-state index in [0.717, 1.165) is 48.6 Å². The van der Waals surface area contributed by atoms with E-state index >= 15 is 0 Å². The molecule has 6 heteroatoms. The van der Waals surface area contributed by atoms with E-state index < -0.39 is 0 Å². The molecule has 0 heterocycles. The Morgan fingerprint density at radius 3 is 2.35 bits per heavy atom. The van der Waals surface area contributed by atoms with Crippen molar-refractivity contribution in [3.05, 3.63) is 64.7 Å². The zero-order valence-corrected chi connectivity index (χ0v) is 20.3. The maximum Gasteiger partial charge on any atom is 0.106 e. The maximum atomic E-state index is 8.00. The van der Waals surface area contributed by atoms with Crippen molar-refractivity contribution in [2.75, 3.05) is 32.1 Å². The fourth-order valence-corrected chi connectivity index (χ4v) is 3.13. The fourth-order valence-electron chi connectivity index (χ4n) is 2.87. The molecule has 2 aromatic carbocycles. The van der Waals surface area contributed by atoms with Gasteiger partial charge in [0.15, 0.2) is 0 Å². The third-order valence-electron chi connectivity index (χ3n) is 4.67. The lowest BCUT2D eigenvalue weighted by Gasteiger charge is -2.20. The van der Waals surface area contributed by atoms with Crippen LogP contribution in [0, 0.1) is 0 Å². The topological polar surface area (TPSA) is 76.4 Å². The summed E-state index contributed by atoms with van der Waals surface area (Å²) in [6.07, 6.45) is 2.67. The van der Waals surface area contributed by atoms with Crippen molar-refractivity contribution in [2.45, 2.75) is 52.2 Å². The summed E-state index contributed by atoms with van der Waals surface area (Å²) in [5.41, 5.74) is 9.25. The van der Waals surface area contributed by atoms with Gasteiger partial charge < -0.3 is 25.9 Å². The highest BCUT2D eigenvalue weighted by molar-refractivity contribution is 6.31. The van der Waals surface area contributed by atoms with Crippen LogP contribution in [0.5, 0.6) is 0 Å². The Hall–Kier alpha value is -1.92. The number of carbonyl (C=O) groups excluding carboxylic acids is 1. The fraction of sp³-hybridized carbons (Fsp3) is 0.480. The summed E-state index contributed by atoms with van der Waals surface area (Å²) in [5, 5.41) is 7.28. The second kappa shape index (κ2) is 18.8. The van der Waals surface area contributed by atoms with Gasteiger partial charge in [-0.1, -0.05) is 68.8 Å². The molecule has 2 rings (SSSR count). The number of carbonyl (C=O) groups is 1. The van der Waals surface area contributed by atoms with Crippen LogP contribution in [0.3, 0.4) is 0 Å². The standard InChI is InChI=1S/C22H32ClN3O.C2H6.CH2O/c1-3-19(24)11-12-26-20-10-9-18(21(23)16-20)15-22(27-14-13-25-2)17-7-5-4-6-8-17;2*1-2/h4-10,16,19,22,25-26H,3,11-15,24H2,1-2H3;1-2H3;1H2. The summed E-state index contributed by atoms with van der Waals surface area (Å²) in [5.74, 6) is 0. The quantitative estimate of drug-likeness (QED) is 0.386. The van der Waals surface area contributed by atoms with Crippen molar-refractivity contribution in [1.29, 1.82) is 0 Å². The average molecular weight is 450 g/mol. The van der Waals surface area contributed by atoms with E-state index in [1.807, 2.05) is 51.9 Å². The minimum atomic E-state index is -0.0154. The van der Waals surface area contributed by atoms with Gasteiger partial charge in [0, 0.05) is 36.3 Å². The smallest absolute Gasteiger partial charge is 0.106 e. The molecule has 0 aliphatic carbocycles. The molecular weight excluding hydrogens is 410 g/mol. The second-order valence-electron chi connectivity index (χ2n) is 6.77. The van der Waals surface area contributed by atoms with Gasteiger partial charge in [0.25, 0.3) is 0 Å². The molecule has 2 atom stereocenters. The highest BCUT2D eigenvalue weighted by atomic mass is 35.5. The third kappa shape index (κ3) is 11.9. The number of hydrogen-bond donors (Lipinski definition) is 3. The monoisotopic (exact) mass is 449 g/mol. The SMILES string of the molecule is C=O.CC.CCC(N)CCNc1ccc(CC(OCCNC)c2ccccc2)c(Cl)c1. The molecule has 0 aromatic heterocycles. The summed E-state index contributed by atoms with van der Waals surface area (Å²) in [4.78, 5) is 8.00. The first-order chi connectivity index (χ1) is 15.1. The van der Waals surface area contributed by atoms with Crippen LogP contribution in [0.25, 0.3) is 0 Å². The maximum absolute atomic E-state index is 8.00. The van der Waals surface area contributed by atoms with Crippen LogP contribution in [0.15, 0.2) is 48.5 Å². The summed E-state index contributed by atoms with van der Waals surface area (Å²) in [6, 6.07) is 16.7. The van der Waals surface area contributed by atoms with Gasteiger partial charge in [-0.15, -0.1) is 0 Å². The molecule has 0 bridgehead atoms. The summed E-state index contributed by atoms with van der Waals surface area (Å²) in [6.45, 7) is 10.4. The van der Waals surface area contributed by atoms with E-state index in [1.165, 1.54) is 5.56 Å². The van der Waals surface area contributed by atoms with Crippen molar-refractivity contribution < 1.29 is 9.53 Å². The molecule has 5 nitrogen and oxygen atoms in total. The highest BCUT2D eigenvalue weighted by Gasteiger charge is 2.15. The molecule has 0 saturated carbocycles. The molecule has 0 amide bonds. The van der Waals surface area contributed by atoms with Gasteiger partial charge in [0.05, 0.1) is 12.7 Å². The van der Waals surface area contributed by atoms with Gasteiger partial charge in [-0.05, 0) is 43.1 Å². The Kier molecular flexibility index (Phi) is 17.7. The molecule has 0 radical (unpaired) electrons. The van der Waals surface area contributed by atoms with Crippen LogP contribution in [0.4, 0.5) is 5.69 Å². The van der Waals surface area contributed by atoms with E-state index in [9.17, 15) is 0 Å². The summed E-state index contributed by atoms with van der Waals surface area (Å²) < 4.78 is 6.11. The Morgan fingerprint density at radius 1 is 1.10 bits per heavy atom. The minimum Gasteiger partial charge on any atom is -0.385 e. The van der Waals surface area contributed by atoms with Crippen LogP contribution in [0.1, 0.15) is 50.8 Å². The van der Waals surface area contributed by atoms with E-state index in [2.05, 4.69) is 41.8 Å². The Bertz CT molecular complexity index is 686. The molecule has 31 heavy (non-hydrogen) atoms. The van der Waals surface area contributed by atoms with Crippen molar-refractivity contribution in [3.8, 4) is 0 Å². The van der Waals surface area contributed by atoms with Crippen LogP contribution < -0.4 is 16.4 Å². The normalized spacial score (nSPS) is 11.9. The number of nitrogens with one attached hydrogen (secondary N) is 2. The Balaban J connectivity index is 0.00000212. The first-order valence-electron chi connectivity index (χ1n) is 11.0. The van der Waals surface area contributed by atoms with E-state index in [1.54, 1.807) is 0 Å². The molecule has 0 saturated heterocycles. The minimum absolute atomic E-state index is 0.0154. The summed E-state index contributed by atoms with van der Waals surface area (Å²) >= 11 is 6.56. The number of likely N-dealkylation sites (N-methyl/N-ethyl adjacent to an activating group) is 1. The molecule has 174 valence electrons. The lowest BCUT2D eigenvalue weighted by atomic mass is 10.0. The molecule has 2 aromatic rings. The van der Waals surface area contributed by atoms with Gasteiger partial charge in [0.1, 0.15) is 6.79 Å². The van der Waals surface area contributed by atoms with E-state index in [4.69, 9.17) is 26.9 Å². The predicted octanol–water partition coefficient (Wildman–Crippen LogP) is 5.24. The van der Waals surface area contributed by atoms with Crippen molar-refractivity contribution >= 4 is 24.1 Å². The molecule has 2 unspecified atom stereocenters. The number of anilines is 1. The molecule has 0 fully saturated rings.